The van der Waals surface area contributed by atoms with E-state index in [0.717, 1.165) is 5.56 Å². The molecule has 1 atom stereocenters. The predicted molar refractivity (Wildman–Crippen MR) is 104 cm³/mol. The van der Waals surface area contributed by atoms with Crippen molar-refractivity contribution >= 4 is 17.9 Å². The molecule has 28 heavy (non-hydrogen) atoms. The number of methoxy groups -OCH3 is 1. The zero-order valence-electron chi connectivity index (χ0n) is 17.0. The lowest BCUT2D eigenvalue weighted by Gasteiger charge is -2.21. The van der Waals surface area contributed by atoms with Crippen LogP contribution in [-0.2, 0) is 20.7 Å². The van der Waals surface area contributed by atoms with Crippen LogP contribution in [-0.4, -0.2) is 43.3 Å². The third-order valence-electron chi connectivity index (χ3n) is 3.36. The molecule has 154 valence electrons. The molecule has 3 amide bonds. The number of imide groups is 1. The molecule has 0 saturated carbocycles. The zero-order valence-corrected chi connectivity index (χ0v) is 17.0. The number of hydrogen-bond donors (Lipinski definition) is 2. The van der Waals surface area contributed by atoms with Crippen LogP contribution >= 0.6 is 0 Å². The van der Waals surface area contributed by atoms with Crippen molar-refractivity contribution < 1.29 is 28.6 Å². The van der Waals surface area contributed by atoms with Crippen molar-refractivity contribution in [3.8, 4) is 11.5 Å². The summed E-state index contributed by atoms with van der Waals surface area (Å²) in [5.41, 5.74) is 0.485. The number of allylic oxidation sites excluding steroid dienone is 1. The molecule has 1 aromatic rings. The van der Waals surface area contributed by atoms with Gasteiger partial charge in [0.15, 0.2) is 24.2 Å². The van der Waals surface area contributed by atoms with E-state index in [-0.39, 0.29) is 0 Å². The minimum absolute atomic E-state index is 0.369. The molecule has 0 aliphatic rings. The first kappa shape index (κ1) is 23.0. The predicted octanol–water partition coefficient (Wildman–Crippen LogP) is 2.36. The van der Waals surface area contributed by atoms with E-state index in [1.54, 1.807) is 39.0 Å². The first-order chi connectivity index (χ1) is 13.1. The highest BCUT2D eigenvalue weighted by molar-refractivity contribution is 5.97. The van der Waals surface area contributed by atoms with Gasteiger partial charge in [0, 0.05) is 5.54 Å². The van der Waals surface area contributed by atoms with Crippen molar-refractivity contribution in [3.05, 3.63) is 36.4 Å². The van der Waals surface area contributed by atoms with E-state index in [2.05, 4.69) is 17.2 Å². The van der Waals surface area contributed by atoms with Gasteiger partial charge in [-0.2, -0.15) is 0 Å². The van der Waals surface area contributed by atoms with Gasteiger partial charge >= 0.3 is 12.0 Å². The molecule has 0 heterocycles. The summed E-state index contributed by atoms with van der Waals surface area (Å²) in [7, 11) is 1.49. The molecule has 0 fully saturated rings. The Balaban J connectivity index is 2.54. The fourth-order valence-electron chi connectivity index (χ4n) is 2.13. The van der Waals surface area contributed by atoms with Crippen LogP contribution in [0.3, 0.4) is 0 Å². The van der Waals surface area contributed by atoms with Gasteiger partial charge < -0.3 is 19.5 Å². The van der Waals surface area contributed by atoms with Crippen LogP contribution in [0.1, 0.15) is 33.3 Å². The lowest BCUT2D eigenvalue weighted by Crippen LogP contribution is -2.50. The van der Waals surface area contributed by atoms with Gasteiger partial charge in [-0.25, -0.2) is 9.59 Å². The summed E-state index contributed by atoms with van der Waals surface area (Å²) in [6, 6.07) is 4.62. The Hall–Kier alpha value is -3.03. The van der Waals surface area contributed by atoms with E-state index in [9.17, 15) is 14.4 Å². The minimum Gasteiger partial charge on any atom is -0.493 e. The summed E-state index contributed by atoms with van der Waals surface area (Å²) < 4.78 is 15.7. The molecule has 1 rings (SSSR count). The first-order valence-electron chi connectivity index (χ1n) is 8.79. The van der Waals surface area contributed by atoms with Crippen LogP contribution in [0.15, 0.2) is 30.9 Å². The van der Waals surface area contributed by atoms with Crippen LogP contribution in [0.5, 0.6) is 11.5 Å². The van der Waals surface area contributed by atoms with E-state index in [1.165, 1.54) is 14.0 Å². The average molecular weight is 392 g/mol. The van der Waals surface area contributed by atoms with Gasteiger partial charge in [-0.05, 0) is 51.8 Å². The minimum atomic E-state index is -1.15. The SMILES string of the molecule is C=CCc1ccc(OCC(=O)O[C@H](C)C(=O)NC(=O)NC(C)(C)C)c(OC)c1. The summed E-state index contributed by atoms with van der Waals surface area (Å²) in [5.74, 6) is -0.650. The van der Waals surface area contributed by atoms with Gasteiger partial charge in [-0.1, -0.05) is 12.1 Å². The van der Waals surface area contributed by atoms with Crippen molar-refractivity contribution in [2.24, 2.45) is 0 Å². The third kappa shape index (κ3) is 8.11. The highest BCUT2D eigenvalue weighted by Crippen LogP contribution is 2.28. The zero-order chi connectivity index (χ0) is 21.3. The number of amides is 3. The van der Waals surface area contributed by atoms with Gasteiger partial charge in [0.2, 0.25) is 0 Å². The molecule has 0 spiro atoms. The maximum absolute atomic E-state index is 11.9. The molecule has 0 bridgehead atoms. The second-order valence-corrected chi connectivity index (χ2v) is 7.09. The summed E-state index contributed by atoms with van der Waals surface area (Å²) in [6.07, 6.45) is 1.29. The van der Waals surface area contributed by atoms with Gasteiger partial charge in [-0.15, -0.1) is 6.58 Å². The van der Waals surface area contributed by atoms with Gasteiger partial charge in [0.25, 0.3) is 5.91 Å². The average Bonchev–Trinajstić information content (AvgIpc) is 2.58. The molecule has 8 heteroatoms. The van der Waals surface area contributed by atoms with Gasteiger partial charge in [-0.3, -0.25) is 10.1 Å². The molecule has 0 radical (unpaired) electrons. The Morgan fingerprint density at radius 3 is 2.46 bits per heavy atom. The number of benzene rings is 1. The van der Waals surface area contributed by atoms with E-state index >= 15 is 0 Å². The van der Waals surface area contributed by atoms with Crippen molar-refractivity contribution in [3.63, 3.8) is 0 Å². The molecular formula is C20H28N2O6. The summed E-state index contributed by atoms with van der Waals surface area (Å²) in [4.78, 5) is 35.5. The van der Waals surface area contributed by atoms with E-state index in [0.29, 0.717) is 17.9 Å². The number of hydrogen-bond acceptors (Lipinski definition) is 6. The Morgan fingerprint density at radius 1 is 1.21 bits per heavy atom. The number of carbonyl (C=O) groups is 3. The number of nitrogens with one attached hydrogen (secondary N) is 2. The fourth-order valence-corrected chi connectivity index (χ4v) is 2.13. The van der Waals surface area contributed by atoms with E-state index in [1.807, 2.05) is 6.07 Å². The molecule has 1 aromatic carbocycles. The molecule has 2 N–H and O–H groups in total. The van der Waals surface area contributed by atoms with Gasteiger partial charge in [0.1, 0.15) is 0 Å². The lowest BCUT2D eigenvalue weighted by atomic mass is 10.1. The Morgan fingerprint density at radius 2 is 1.89 bits per heavy atom. The standard InChI is InChI=1S/C20H28N2O6/c1-7-8-14-9-10-15(16(11-14)26-6)27-12-17(23)28-13(2)18(24)21-19(25)22-20(3,4)5/h7,9-11,13H,1,8,12H2,2-6H3,(H2,21,22,24,25)/t13-/m1/s1. The van der Waals surface area contributed by atoms with Crippen LogP contribution in [0, 0.1) is 0 Å². The molecular weight excluding hydrogens is 364 g/mol. The van der Waals surface area contributed by atoms with Crippen molar-refractivity contribution in [2.75, 3.05) is 13.7 Å². The van der Waals surface area contributed by atoms with E-state index in [4.69, 9.17) is 14.2 Å². The Bertz CT molecular complexity index is 724. The second kappa shape index (κ2) is 10.3. The number of carbonyl (C=O) groups excluding carboxylic acids is 3. The van der Waals surface area contributed by atoms with Gasteiger partial charge in [0.05, 0.1) is 7.11 Å². The monoisotopic (exact) mass is 392 g/mol. The molecule has 8 nitrogen and oxygen atoms in total. The lowest BCUT2D eigenvalue weighted by molar-refractivity contribution is -0.156. The van der Waals surface area contributed by atoms with Crippen LogP contribution < -0.4 is 20.1 Å². The first-order valence-corrected chi connectivity index (χ1v) is 8.79. The Kier molecular flexibility index (Phi) is 8.50. The topological polar surface area (TPSA) is 103 Å². The van der Waals surface area contributed by atoms with Crippen LogP contribution in [0.25, 0.3) is 0 Å². The van der Waals surface area contributed by atoms with Crippen LogP contribution in [0.4, 0.5) is 4.79 Å². The molecule has 0 saturated heterocycles. The summed E-state index contributed by atoms with van der Waals surface area (Å²) >= 11 is 0. The molecule has 0 aliphatic heterocycles. The molecule has 0 aromatic heterocycles. The van der Waals surface area contributed by atoms with E-state index < -0.39 is 36.2 Å². The number of rotatable bonds is 8. The Labute approximate surface area is 165 Å². The normalized spacial score (nSPS) is 11.8. The summed E-state index contributed by atoms with van der Waals surface area (Å²) in [6.45, 7) is 9.95. The number of ether oxygens (including phenoxy) is 3. The van der Waals surface area contributed by atoms with Crippen LogP contribution in [0.2, 0.25) is 0 Å². The highest BCUT2D eigenvalue weighted by Gasteiger charge is 2.22. The smallest absolute Gasteiger partial charge is 0.344 e. The maximum atomic E-state index is 11.9. The summed E-state index contributed by atoms with van der Waals surface area (Å²) in [5, 5.41) is 4.69. The fraction of sp³-hybridized carbons (Fsp3) is 0.450. The van der Waals surface area contributed by atoms with Crippen molar-refractivity contribution in [2.45, 2.75) is 45.8 Å². The maximum Gasteiger partial charge on any atom is 0.344 e. The van der Waals surface area contributed by atoms with Crippen molar-refractivity contribution in [1.82, 2.24) is 10.6 Å². The third-order valence-corrected chi connectivity index (χ3v) is 3.36. The quantitative estimate of drug-likeness (QED) is 0.520. The second-order valence-electron chi connectivity index (χ2n) is 7.09. The highest BCUT2D eigenvalue weighted by atomic mass is 16.6. The molecule has 0 unspecified atom stereocenters. The molecule has 0 aliphatic carbocycles. The number of esters is 1. The number of urea groups is 1. The largest absolute Gasteiger partial charge is 0.493 e. The van der Waals surface area contributed by atoms with Crippen molar-refractivity contribution in [1.29, 1.82) is 0 Å².